The van der Waals surface area contributed by atoms with Gasteiger partial charge in [0, 0.05) is 11.1 Å². The fourth-order valence-corrected chi connectivity index (χ4v) is 11.9. The molecule has 53 heavy (non-hydrogen) atoms. The van der Waals surface area contributed by atoms with Gasteiger partial charge in [-0.05, 0) is 88.6 Å². The summed E-state index contributed by atoms with van der Waals surface area (Å²) in [4.78, 5) is 5.60. The van der Waals surface area contributed by atoms with Crippen molar-refractivity contribution in [2.24, 2.45) is 0 Å². The molecule has 0 atom stereocenters. The van der Waals surface area contributed by atoms with Crippen LogP contribution in [0.15, 0.2) is 188 Å². The highest BCUT2D eigenvalue weighted by molar-refractivity contribution is 7.04. The number of rotatable bonds is 5. The molecular formula is C51H37NSi. The molecule has 0 spiro atoms. The Hall–Kier alpha value is -6.35. The van der Waals surface area contributed by atoms with Gasteiger partial charge in [-0.15, -0.1) is 0 Å². The Morgan fingerprint density at radius 2 is 0.792 bits per heavy atom. The molecule has 10 rings (SSSR count). The lowest BCUT2D eigenvalue weighted by atomic mass is 9.84. The molecule has 0 bridgehead atoms. The summed E-state index contributed by atoms with van der Waals surface area (Å²) in [5, 5.41) is 7.96. The zero-order valence-electron chi connectivity index (χ0n) is 29.8. The molecular weight excluding hydrogens is 655 g/mol. The minimum absolute atomic E-state index is 0.961. The van der Waals surface area contributed by atoms with E-state index in [1.54, 1.807) is 0 Å². The minimum atomic E-state index is -1.86. The molecule has 0 N–H and O–H groups in total. The van der Waals surface area contributed by atoms with Gasteiger partial charge in [0.1, 0.15) is 8.07 Å². The van der Waals surface area contributed by atoms with Crippen molar-refractivity contribution < 1.29 is 0 Å². The van der Waals surface area contributed by atoms with Crippen LogP contribution in [0, 0.1) is 0 Å². The van der Waals surface area contributed by atoms with Gasteiger partial charge in [-0.3, -0.25) is 0 Å². The second-order valence-electron chi connectivity index (χ2n) is 14.6. The van der Waals surface area contributed by atoms with Gasteiger partial charge in [-0.2, -0.15) is 0 Å². The molecule has 9 aromatic rings. The number of pyridine rings is 1. The normalized spacial score (nSPS) is 12.9. The maximum Gasteiger partial charge on any atom is 0.113 e. The highest BCUT2D eigenvalue weighted by Gasteiger charge is 2.38. The molecule has 250 valence electrons. The second kappa shape index (κ2) is 12.4. The van der Waals surface area contributed by atoms with E-state index in [0.29, 0.717) is 0 Å². The van der Waals surface area contributed by atoms with Crippen molar-refractivity contribution in [1.29, 1.82) is 0 Å². The van der Waals surface area contributed by atoms with Crippen LogP contribution in [0.25, 0.3) is 88.6 Å². The summed E-state index contributed by atoms with van der Waals surface area (Å²) in [7, 11) is -1.86. The van der Waals surface area contributed by atoms with Crippen LogP contribution in [0.5, 0.6) is 0 Å². The first kappa shape index (κ1) is 31.4. The van der Waals surface area contributed by atoms with Gasteiger partial charge < -0.3 is 0 Å². The van der Waals surface area contributed by atoms with Crippen molar-refractivity contribution in [1.82, 2.24) is 4.98 Å². The first-order chi connectivity index (χ1) is 26.1. The first-order valence-electron chi connectivity index (χ1n) is 18.5. The Labute approximate surface area is 311 Å². The highest BCUT2D eigenvalue weighted by Crippen LogP contribution is 2.47. The lowest BCUT2D eigenvalue weighted by molar-refractivity contribution is 1.33. The zero-order chi connectivity index (χ0) is 35.5. The first-order valence-corrected chi connectivity index (χ1v) is 21.5. The van der Waals surface area contributed by atoms with E-state index in [1.807, 2.05) is 0 Å². The fourth-order valence-electron chi connectivity index (χ4n) is 8.83. The van der Waals surface area contributed by atoms with Gasteiger partial charge in [-0.25, -0.2) is 4.98 Å². The van der Waals surface area contributed by atoms with Crippen LogP contribution >= 0.6 is 0 Å². The number of nitrogens with zero attached hydrogens (tertiary/aromatic N) is 1. The quantitative estimate of drug-likeness (QED) is 0.129. The minimum Gasteiger partial charge on any atom is -0.248 e. The zero-order valence-corrected chi connectivity index (χ0v) is 30.8. The molecule has 1 aliphatic heterocycles. The topological polar surface area (TPSA) is 12.9 Å². The van der Waals surface area contributed by atoms with Crippen LogP contribution < -0.4 is 10.4 Å². The average molecular weight is 692 g/mol. The molecule has 1 nitrogen and oxygen atoms in total. The van der Waals surface area contributed by atoms with Crippen molar-refractivity contribution in [2.45, 2.75) is 13.1 Å². The molecule has 8 aromatic carbocycles. The average Bonchev–Trinajstić information content (AvgIpc) is 3.46. The summed E-state index contributed by atoms with van der Waals surface area (Å²) in [6.45, 7) is 5.00. The molecule has 2 heteroatoms. The number of benzene rings is 8. The van der Waals surface area contributed by atoms with E-state index in [9.17, 15) is 0 Å². The number of fused-ring (bicyclic) bond motifs is 5. The van der Waals surface area contributed by atoms with Crippen molar-refractivity contribution in [3.8, 4) is 67.0 Å². The Kier molecular flexibility index (Phi) is 7.35. The van der Waals surface area contributed by atoms with Gasteiger partial charge in [0.15, 0.2) is 0 Å². The van der Waals surface area contributed by atoms with Gasteiger partial charge >= 0.3 is 0 Å². The predicted molar refractivity (Wildman–Crippen MR) is 229 cm³/mol. The molecule has 1 aliphatic rings. The monoisotopic (exact) mass is 691 g/mol. The van der Waals surface area contributed by atoms with E-state index in [0.717, 1.165) is 22.5 Å². The van der Waals surface area contributed by atoms with Crippen LogP contribution in [0.2, 0.25) is 13.1 Å². The Balaban J connectivity index is 1.29. The number of hydrogen-bond acceptors (Lipinski definition) is 1. The second-order valence-corrected chi connectivity index (χ2v) is 19.0. The Bertz CT molecular complexity index is 2800. The highest BCUT2D eigenvalue weighted by atomic mass is 28.3. The maximum absolute atomic E-state index is 5.60. The molecule has 0 fully saturated rings. The molecule has 0 saturated carbocycles. The largest absolute Gasteiger partial charge is 0.248 e. The molecule has 0 amide bonds. The van der Waals surface area contributed by atoms with Crippen LogP contribution in [-0.2, 0) is 0 Å². The summed E-state index contributed by atoms with van der Waals surface area (Å²) < 4.78 is 0. The van der Waals surface area contributed by atoms with Crippen molar-refractivity contribution >= 4 is 40.0 Å². The van der Waals surface area contributed by atoms with Crippen LogP contribution in [0.4, 0.5) is 0 Å². The smallest absolute Gasteiger partial charge is 0.113 e. The van der Waals surface area contributed by atoms with Crippen LogP contribution in [-0.4, -0.2) is 13.1 Å². The fraction of sp³-hybridized carbons (Fsp3) is 0.0392. The molecule has 1 aromatic heterocycles. The van der Waals surface area contributed by atoms with Gasteiger partial charge in [0.2, 0.25) is 0 Å². The van der Waals surface area contributed by atoms with E-state index in [1.165, 1.54) is 76.4 Å². The van der Waals surface area contributed by atoms with E-state index in [4.69, 9.17) is 4.98 Å². The van der Waals surface area contributed by atoms with E-state index in [-0.39, 0.29) is 0 Å². The lowest BCUT2D eigenvalue weighted by Crippen LogP contribution is -2.49. The third kappa shape index (κ3) is 5.02. The molecule has 0 radical (unpaired) electrons. The van der Waals surface area contributed by atoms with Crippen LogP contribution in [0.3, 0.4) is 0 Å². The lowest BCUT2D eigenvalue weighted by Gasteiger charge is -2.21. The van der Waals surface area contributed by atoms with Crippen LogP contribution in [0.1, 0.15) is 0 Å². The van der Waals surface area contributed by atoms with Gasteiger partial charge in [-0.1, -0.05) is 189 Å². The molecule has 0 saturated heterocycles. The summed E-state index contributed by atoms with van der Waals surface area (Å²) in [6.07, 6.45) is 0. The Morgan fingerprint density at radius 1 is 0.321 bits per heavy atom. The maximum atomic E-state index is 5.60. The SMILES string of the molecule is C[Si]1(C)c2ccccc2-c2c(-c3c4ccccc4c(-c4cc(-c5ccccc5)cc(-c5ccccc5-c5ccccc5)n4)c4ccccc34)cccc21. The van der Waals surface area contributed by atoms with E-state index < -0.39 is 8.07 Å². The summed E-state index contributed by atoms with van der Waals surface area (Å²) in [5.74, 6) is 0. The predicted octanol–water partition coefficient (Wildman–Crippen LogP) is 12.5. The summed E-state index contributed by atoms with van der Waals surface area (Å²) in [5.41, 5.74) is 14.3. The Morgan fingerprint density at radius 3 is 1.45 bits per heavy atom. The molecule has 0 unspecified atom stereocenters. The third-order valence-corrected chi connectivity index (χ3v) is 14.8. The van der Waals surface area contributed by atoms with Crippen molar-refractivity contribution in [3.63, 3.8) is 0 Å². The summed E-state index contributed by atoms with van der Waals surface area (Å²) in [6, 6.07) is 68.7. The van der Waals surface area contributed by atoms with E-state index in [2.05, 4.69) is 201 Å². The standard InChI is InChI=1S/C51H37NSi/c1-53(2)47-30-16-15-28-43(47)51-44(29-17-31-48(51)53)49-39-24-11-13-26-41(39)50(42-27-14-12-25-40(42)49)46-33-36(34-18-5-3-6-19-34)32-45(52-46)38-23-10-9-22-37(38)35-20-7-4-8-21-35/h3-33H,1-2H3. The molecule has 0 aliphatic carbocycles. The van der Waals surface area contributed by atoms with Gasteiger partial charge in [0.25, 0.3) is 0 Å². The number of hydrogen-bond donors (Lipinski definition) is 0. The third-order valence-electron chi connectivity index (χ3n) is 11.3. The summed E-state index contributed by atoms with van der Waals surface area (Å²) >= 11 is 0. The van der Waals surface area contributed by atoms with E-state index >= 15 is 0 Å². The molecule has 2 heterocycles. The number of aromatic nitrogens is 1. The van der Waals surface area contributed by atoms with Crippen molar-refractivity contribution in [2.75, 3.05) is 0 Å². The van der Waals surface area contributed by atoms with Gasteiger partial charge in [0.05, 0.1) is 11.4 Å². The van der Waals surface area contributed by atoms with Crippen molar-refractivity contribution in [3.05, 3.63) is 188 Å².